The van der Waals surface area contributed by atoms with Crippen LogP contribution in [0.4, 0.5) is 0 Å². The standard InChI is InChI=1S/C9H16N2O4S/c1-5(9(14)15-3)10-7(13)8(16-4)11-6(2)12/h5,8H,1-4H3,(H,10,13)(H,11,12). The van der Waals surface area contributed by atoms with Crippen LogP contribution in [0.1, 0.15) is 13.8 Å². The molecule has 0 bridgehead atoms. The molecule has 0 aliphatic carbocycles. The molecular formula is C9H16N2O4S. The second-order valence-electron chi connectivity index (χ2n) is 3.07. The zero-order valence-electron chi connectivity index (χ0n) is 9.70. The van der Waals surface area contributed by atoms with Gasteiger partial charge in [0.25, 0.3) is 5.91 Å². The summed E-state index contributed by atoms with van der Waals surface area (Å²) in [6.45, 7) is 2.83. The molecule has 0 heterocycles. The average Bonchev–Trinajstić information content (AvgIpc) is 2.23. The van der Waals surface area contributed by atoms with Crippen molar-refractivity contribution in [2.75, 3.05) is 13.4 Å². The molecular weight excluding hydrogens is 232 g/mol. The quantitative estimate of drug-likeness (QED) is 0.505. The molecule has 0 aromatic heterocycles. The Hall–Kier alpha value is -1.24. The number of carbonyl (C=O) groups is 3. The van der Waals surface area contributed by atoms with Crippen molar-refractivity contribution in [2.45, 2.75) is 25.3 Å². The summed E-state index contributed by atoms with van der Waals surface area (Å²) in [5.74, 6) is -1.27. The number of thioether (sulfide) groups is 1. The van der Waals surface area contributed by atoms with Crippen LogP contribution in [-0.4, -0.2) is 42.6 Å². The molecule has 0 aliphatic heterocycles. The van der Waals surface area contributed by atoms with Gasteiger partial charge in [0.2, 0.25) is 5.91 Å². The summed E-state index contributed by atoms with van der Waals surface area (Å²) in [4.78, 5) is 33.4. The fourth-order valence-corrected chi connectivity index (χ4v) is 1.51. The first-order valence-electron chi connectivity index (χ1n) is 4.60. The zero-order valence-corrected chi connectivity index (χ0v) is 10.5. The van der Waals surface area contributed by atoms with Crippen LogP contribution in [0.2, 0.25) is 0 Å². The van der Waals surface area contributed by atoms with Gasteiger partial charge in [-0.05, 0) is 13.2 Å². The van der Waals surface area contributed by atoms with E-state index in [0.29, 0.717) is 0 Å². The van der Waals surface area contributed by atoms with E-state index in [2.05, 4.69) is 15.4 Å². The van der Waals surface area contributed by atoms with E-state index in [9.17, 15) is 14.4 Å². The molecule has 2 N–H and O–H groups in total. The van der Waals surface area contributed by atoms with Gasteiger partial charge < -0.3 is 15.4 Å². The van der Waals surface area contributed by atoms with Gasteiger partial charge in [-0.15, -0.1) is 11.8 Å². The van der Waals surface area contributed by atoms with Gasteiger partial charge in [-0.3, -0.25) is 9.59 Å². The first-order chi connectivity index (χ1) is 7.42. The van der Waals surface area contributed by atoms with Crippen molar-refractivity contribution in [1.29, 1.82) is 0 Å². The molecule has 0 saturated carbocycles. The Morgan fingerprint density at radius 2 is 1.81 bits per heavy atom. The second-order valence-corrected chi connectivity index (χ2v) is 4.01. The largest absolute Gasteiger partial charge is 0.467 e. The van der Waals surface area contributed by atoms with Crippen molar-refractivity contribution in [3.8, 4) is 0 Å². The highest BCUT2D eigenvalue weighted by atomic mass is 32.2. The van der Waals surface area contributed by atoms with E-state index in [0.717, 1.165) is 0 Å². The highest BCUT2D eigenvalue weighted by molar-refractivity contribution is 7.99. The van der Waals surface area contributed by atoms with Crippen molar-refractivity contribution < 1.29 is 19.1 Å². The van der Waals surface area contributed by atoms with Gasteiger partial charge in [0.05, 0.1) is 7.11 Å². The lowest BCUT2D eigenvalue weighted by atomic mass is 10.3. The van der Waals surface area contributed by atoms with Crippen molar-refractivity contribution in [2.24, 2.45) is 0 Å². The predicted molar refractivity (Wildman–Crippen MR) is 60.7 cm³/mol. The molecule has 0 aromatic rings. The first-order valence-corrected chi connectivity index (χ1v) is 5.89. The van der Waals surface area contributed by atoms with Crippen molar-refractivity contribution in [3.63, 3.8) is 0 Å². The van der Waals surface area contributed by atoms with Crippen LogP contribution < -0.4 is 10.6 Å². The predicted octanol–water partition coefficient (Wildman–Crippen LogP) is -0.511. The number of hydrogen-bond acceptors (Lipinski definition) is 5. The molecule has 2 atom stereocenters. The normalized spacial score (nSPS) is 13.5. The minimum atomic E-state index is -0.735. The van der Waals surface area contributed by atoms with Crippen LogP contribution in [0.25, 0.3) is 0 Å². The lowest BCUT2D eigenvalue weighted by Crippen LogP contribution is -2.49. The highest BCUT2D eigenvalue weighted by Crippen LogP contribution is 2.03. The van der Waals surface area contributed by atoms with E-state index in [1.165, 1.54) is 32.7 Å². The fourth-order valence-electron chi connectivity index (χ4n) is 0.941. The maximum Gasteiger partial charge on any atom is 0.328 e. The Balaban J connectivity index is 4.31. The van der Waals surface area contributed by atoms with Crippen LogP contribution in [0.15, 0.2) is 0 Å². The molecule has 16 heavy (non-hydrogen) atoms. The Morgan fingerprint density at radius 1 is 1.25 bits per heavy atom. The van der Waals surface area contributed by atoms with E-state index in [1.807, 2.05) is 0 Å². The summed E-state index contributed by atoms with van der Waals surface area (Å²) >= 11 is 1.17. The topological polar surface area (TPSA) is 84.5 Å². The number of amides is 2. The maximum absolute atomic E-state index is 11.6. The zero-order chi connectivity index (χ0) is 12.7. The molecule has 0 rings (SSSR count). The van der Waals surface area contributed by atoms with Gasteiger partial charge in [0.1, 0.15) is 6.04 Å². The minimum absolute atomic E-state index is 0.305. The number of ether oxygens (including phenoxy) is 1. The van der Waals surface area contributed by atoms with Crippen LogP contribution in [0.5, 0.6) is 0 Å². The summed E-state index contributed by atoms with van der Waals surface area (Å²) in [7, 11) is 1.24. The van der Waals surface area contributed by atoms with Gasteiger partial charge in [-0.25, -0.2) is 4.79 Å². The molecule has 0 saturated heterocycles. The number of nitrogens with one attached hydrogen (secondary N) is 2. The molecule has 0 spiro atoms. The number of methoxy groups -OCH3 is 1. The van der Waals surface area contributed by atoms with E-state index in [1.54, 1.807) is 6.26 Å². The molecule has 0 aromatic carbocycles. The van der Waals surface area contributed by atoms with Crippen molar-refractivity contribution in [1.82, 2.24) is 10.6 Å². The SMILES string of the molecule is COC(=O)C(C)NC(=O)C(NC(C)=O)SC. The smallest absolute Gasteiger partial charge is 0.328 e. The van der Waals surface area contributed by atoms with Crippen LogP contribution in [-0.2, 0) is 19.1 Å². The molecule has 92 valence electrons. The third-order valence-electron chi connectivity index (χ3n) is 1.72. The molecule has 6 nitrogen and oxygen atoms in total. The lowest BCUT2D eigenvalue weighted by Gasteiger charge is -2.17. The Kier molecular flexibility index (Phi) is 6.55. The number of rotatable bonds is 5. The fraction of sp³-hybridized carbons (Fsp3) is 0.667. The number of esters is 1. The summed E-state index contributed by atoms with van der Waals surface area (Å²) < 4.78 is 4.46. The second kappa shape index (κ2) is 7.10. The van der Waals surface area contributed by atoms with Crippen LogP contribution in [0.3, 0.4) is 0 Å². The van der Waals surface area contributed by atoms with E-state index in [4.69, 9.17) is 0 Å². The molecule has 0 radical (unpaired) electrons. The summed E-state index contributed by atoms with van der Waals surface area (Å²) in [5, 5.41) is 4.19. The van der Waals surface area contributed by atoms with Crippen LogP contribution in [0, 0.1) is 0 Å². The molecule has 2 amide bonds. The van der Waals surface area contributed by atoms with Gasteiger partial charge in [0.15, 0.2) is 5.37 Å². The highest BCUT2D eigenvalue weighted by Gasteiger charge is 2.22. The van der Waals surface area contributed by atoms with Crippen molar-refractivity contribution in [3.05, 3.63) is 0 Å². The summed E-state index contributed by atoms with van der Waals surface area (Å²) in [5.41, 5.74) is 0. The summed E-state index contributed by atoms with van der Waals surface area (Å²) in [6, 6.07) is -0.735. The Labute approximate surface area is 98.5 Å². The third-order valence-corrected chi connectivity index (χ3v) is 2.53. The molecule has 0 fully saturated rings. The molecule has 2 unspecified atom stereocenters. The van der Waals surface area contributed by atoms with Gasteiger partial charge in [-0.1, -0.05) is 0 Å². The van der Waals surface area contributed by atoms with Crippen LogP contribution >= 0.6 is 11.8 Å². The van der Waals surface area contributed by atoms with Gasteiger partial charge in [0, 0.05) is 6.92 Å². The Morgan fingerprint density at radius 3 is 2.19 bits per heavy atom. The minimum Gasteiger partial charge on any atom is -0.467 e. The van der Waals surface area contributed by atoms with Gasteiger partial charge in [-0.2, -0.15) is 0 Å². The lowest BCUT2D eigenvalue weighted by molar-refractivity contribution is -0.144. The Bertz CT molecular complexity index is 283. The molecule has 0 aliphatic rings. The third kappa shape index (κ3) is 5.01. The van der Waals surface area contributed by atoms with E-state index in [-0.39, 0.29) is 5.91 Å². The molecule has 7 heteroatoms. The van der Waals surface area contributed by atoms with Gasteiger partial charge >= 0.3 is 5.97 Å². The average molecular weight is 248 g/mol. The monoisotopic (exact) mass is 248 g/mol. The number of carbonyl (C=O) groups excluding carboxylic acids is 3. The van der Waals surface area contributed by atoms with E-state index >= 15 is 0 Å². The number of hydrogen-bond donors (Lipinski definition) is 2. The van der Waals surface area contributed by atoms with E-state index < -0.39 is 23.3 Å². The maximum atomic E-state index is 11.6. The van der Waals surface area contributed by atoms with Crippen molar-refractivity contribution >= 4 is 29.5 Å². The summed E-state index contributed by atoms with van der Waals surface area (Å²) in [6.07, 6.45) is 1.68. The first kappa shape index (κ1) is 14.8.